The Hall–Kier alpha value is -2.09. The lowest BCUT2D eigenvalue weighted by atomic mass is 9.73. The van der Waals surface area contributed by atoms with Crippen LogP contribution in [0.4, 0.5) is 4.39 Å². The number of hydrogen-bond donors (Lipinski definition) is 0. The molecule has 4 atom stereocenters. The Bertz CT molecular complexity index is 1100. The molecule has 152 valence electrons. The second-order valence-corrected chi connectivity index (χ2v) is 10.3. The molecule has 2 bridgehead atoms. The fourth-order valence-corrected chi connectivity index (χ4v) is 7.30. The Morgan fingerprint density at radius 3 is 2.38 bits per heavy atom. The van der Waals surface area contributed by atoms with E-state index in [0.717, 1.165) is 5.56 Å². The fraction of sp³-hybridized carbons (Fsp3) is 0.409. The lowest BCUT2D eigenvalue weighted by molar-refractivity contribution is -0.134. The van der Waals surface area contributed by atoms with Crippen LogP contribution in [0, 0.1) is 18.2 Å². The van der Waals surface area contributed by atoms with Crippen LogP contribution in [0.3, 0.4) is 0 Å². The van der Waals surface area contributed by atoms with E-state index >= 15 is 0 Å². The molecule has 1 aliphatic carbocycles. The number of rotatable bonds is 3. The number of benzene rings is 2. The zero-order valence-corrected chi connectivity index (χ0v) is 17.1. The summed E-state index contributed by atoms with van der Waals surface area (Å²) in [6.07, 6.45) is 0.892. The standard InChI is InChI=1S/C22H22FNO4S/c1-14-4-10-17(11-5-14)29(26,27)24-18(15-6-8-16(23)9-7-15)19-20(25)21(2)12-3-13-22(21,24)28-19/h4-11,18-19H,3,12-13H2,1-2H3/t18-,19-,21-,22-/m1/s1. The molecule has 2 saturated heterocycles. The van der Waals surface area contributed by atoms with Crippen LogP contribution in [0.2, 0.25) is 0 Å². The van der Waals surface area contributed by atoms with Gasteiger partial charge in [0.25, 0.3) is 0 Å². The number of carbonyl (C=O) groups is 1. The first kappa shape index (κ1) is 18.9. The van der Waals surface area contributed by atoms with Gasteiger partial charge in [0.2, 0.25) is 10.0 Å². The van der Waals surface area contributed by atoms with Gasteiger partial charge in [-0.25, -0.2) is 12.8 Å². The summed E-state index contributed by atoms with van der Waals surface area (Å²) in [4.78, 5) is 13.4. The molecule has 2 heterocycles. The molecule has 0 unspecified atom stereocenters. The third-order valence-corrected chi connectivity index (χ3v) is 8.77. The van der Waals surface area contributed by atoms with Gasteiger partial charge >= 0.3 is 0 Å². The molecular weight excluding hydrogens is 393 g/mol. The Kier molecular flexibility index (Phi) is 3.89. The van der Waals surface area contributed by atoms with Crippen molar-refractivity contribution in [1.82, 2.24) is 4.31 Å². The predicted molar refractivity (Wildman–Crippen MR) is 104 cm³/mol. The highest BCUT2D eigenvalue weighted by Crippen LogP contribution is 2.66. The number of piperidine rings is 1. The lowest BCUT2D eigenvalue weighted by Gasteiger charge is -2.45. The van der Waals surface area contributed by atoms with Crippen molar-refractivity contribution in [3.8, 4) is 0 Å². The van der Waals surface area contributed by atoms with Gasteiger partial charge in [-0.3, -0.25) is 4.79 Å². The molecule has 29 heavy (non-hydrogen) atoms. The van der Waals surface area contributed by atoms with Crippen molar-refractivity contribution in [2.45, 2.75) is 55.9 Å². The summed E-state index contributed by atoms with van der Waals surface area (Å²) in [5.41, 5.74) is -0.549. The zero-order valence-electron chi connectivity index (χ0n) is 16.3. The largest absolute Gasteiger partial charge is 0.345 e. The number of aryl methyl sites for hydroxylation is 1. The molecule has 0 amide bonds. The van der Waals surface area contributed by atoms with E-state index in [4.69, 9.17) is 4.74 Å². The van der Waals surface area contributed by atoms with Gasteiger partial charge in [-0.2, -0.15) is 4.31 Å². The second kappa shape index (κ2) is 5.97. The summed E-state index contributed by atoms with van der Waals surface area (Å²) in [6.45, 7) is 3.71. The maximum Gasteiger partial charge on any atom is 0.246 e. The second-order valence-electron chi connectivity index (χ2n) is 8.48. The SMILES string of the molecule is Cc1ccc(S(=O)(=O)N2[C@H](c3ccc(F)cc3)[C@H]3O[C@@]24CCC[C@]4(C)C3=O)cc1. The van der Waals surface area contributed by atoms with Crippen LogP contribution in [0.1, 0.15) is 43.4 Å². The first-order valence-corrected chi connectivity index (χ1v) is 11.2. The number of Topliss-reactive ketones (excluding diaryl/α,β-unsaturated/α-hetero) is 1. The highest BCUT2D eigenvalue weighted by Gasteiger charge is 2.77. The van der Waals surface area contributed by atoms with Crippen molar-refractivity contribution < 1.29 is 22.3 Å². The number of fused-ring (bicyclic) bond motifs is 1. The monoisotopic (exact) mass is 415 g/mol. The van der Waals surface area contributed by atoms with Gasteiger partial charge < -0.3 is 4.74 Å². The normalized spacial score (nSPS) is 34.0. The number of ether oxygens (including phenoxy) is 1. The van der Waals surface area contributed by atoms with E-state index in [1.807, 2.05) is 13.8 Å². The summed E-state index contributed by atoms with van der Waals surface area (Å²) in [7, 11) is -3.96. The molecule has 0 aromatic heterocycles. The highest BCUT2D eigenvalue weighted by atomic mass is 32.2. The molecule has 2 aromatic carbocycles. The van der Waals surface area contributed by atoms with Crippen LogP contribution in [0.25, 0.3) is 0 Å². The van der Waals surface area contributed by atoms with Gasteiger partial charge in [-0.1, -0.05) is 29.8 Å². The van der Waals surface area contributed by atoms with Gasteiger partial charge in [0.1, 0.15) is 17.6 Å². The Morgan fingerprint density at radius 1 is 1.07 bits per heavy atom. The summed E-state index contributed by atoms with van der Waals surface area (Å²) in [5, 5.41) is 0. The van der Waals surface area contributed by atoms with Crippen molar-refractivity contribution in [2.75, 3.05) is 0 Å². The molecule has 7 heteroatoms. The topological polar surface area (TPSA) is 63.7 Å². The number of carbonyl (C=O) groups excluding carboxylic acids is 1. The average Bonchev–Trinajstić information content (AvgIpc) is 3.28. The number of halogens is 1. The van der Waals surface area contributed by atoms with Gasteiger partial charge in [-0.05, 0) is 62.9 Å². The maximum absolute atomic E-state index is 13.8. The third kappa shape index (κ3) is 2.32. The lowest BCUT2D eigenvalue weighted by Crippen LogP contribution is -2.60. The zero-order chi connectivity index (χ0) is 20.6. The Morgan fingerprint density at radius 2 is 1.72 bits per heavy atom. The van der Waals surface area contributed by atoms with Gasteiger partial charge in [0.15, 0.2) is 5.78 Å². The maximum atomic E-state index is 13.8. The quantitative estimate of drug-likeness (QED) is 0.766. The molecule has 3 fully saturated rings. The van der Waals surface area contributed by atoms with Crippen LogP contribution >= 0.6 is 0 Å². The van der Waals surface area contributed by atoms with Crippen molar-refractivity contribution in [3.05, 3.63) is 65.5 Å². The van der Waals surface area contributed by atoms with Crippen molar-refractivity contribution in [2.24, 2.45) is 5.41 Å². The van der Waals surface area contributed by atoms with Gasteiger partial charge in [0.05, 0.1) is 16.4 Å². The molecule has 1 spiro atoms. The number of sulfonamides is 1. The van der Waals surface area contributed by atoms with E-state index in [0.29, 0.717) is 24.8 Å². The first-order valence-electron chi connectivity index (χ1n) is 9.80. The molecule has 0 N–H and O–H groups in total. The molecule has 5 rings (SSSR count). The summed E-state index contributed by atoms with van der Waals surface area (Å²) >= 11 is 0. The Balaban J connectivity index is 1.72. The van der Waals surface area contributed by atoms with Crippen LogP contribution in [-0.2, 0) is 19.6 Å². The van der Waals surface area contributed by atoms with E-state index in [9.17, 15) is 17.6 Å². The van der Waals surface area contributed by atoms with Crippen molar-refractivity contribution in [1.29, 1.82) is 0 Å². The van der Waals surface area contributed by atoms with Crippen LogP contribution in [0.5, 0.6) is 0 Å². The van der Waals surface area contributed by atoms with Gasteiger partial charge in [-0.15, -0.1) is 0 Å². The number of hydrogen-bond acceptors (Lipinski definition) is 4. The summed E-state index contributed by atoms with van der Waals surface area (Å²) in [5.74, 6) is -0.472. The molecule has 3 aliphatic rings. The Labute approximate surface area is 169 Å². The molecule has 2 aromatic rings. The minimum atomic E-state index is -3.96. The van der Waals surface area contributed by atoms with Crippen LogP contribution in [-0.4, -0.2) is 30.3 Å². The molecular formula is C22H22FNO4S. The smallest absolute Gasteiger partial charge is 0.246 e. The van der Waals surface area contributed by atoms with Gasteiger partial charge in [0, 0.05) is 0 Å². The van der Waals surface area contributed by atoms with Crippen molar-refractivity contribution in [3.63, 3.8) is 0 Å². The van der Waals surface area contributed by atoms with E-state index in [-0.39, 0.29) is 10.7 Å². The minimum absolute atomic E-state index is 0.0559. The van der Waals surface area contributed by atoms with E-state index in [1.54, 1.807) is 24.3 Å². The summed E-state index contributed by atoms with van der Waals surface area (Å²) in [6, 6.07) is 11.5. The molecule has 1 saturated carbocycles. The van der Waals surface area contributed by atoms with E-state index in [1.165, 1.54) is 28.6 Å². The van der Waals surface area contributed by atoms with E-state index < -0.39 is 39.1 Å². The van der Waals surface area contributed by atoms with E-state index in [2.05, 4.69) is 0 Å². The summed E-state index contributed by atoms with van der Waals surface area (Å²) < 4.78 is 48.8. The molecule has 2 aliphatic heterocycles. The average molecular weight is 415 g/mol. The molecule has 0 radical (unpaired) electrons. The fourth-order valence-electron chi connectivity index (χ4n) is 5.33. The number of nitrogens with zero attached hydrogens (tertiary/aromatic N) is 1. The highest BCUT2D eigenvalue weighted by molar-refractivity contribution is 7.89. The van der Waals surface area contributed by atoms with Crippen molar-refractivity contribution >= 4 is 15.8 Å². The molecule has 5 nitrogen and oxygen atoms in total. The van der Waals surface area contributed by atoms with Crippen LogP contribution < -0.4 is 0 Å². The first-order chi connectivity index (χ1) is 13.7. The minimum Gasteiger partial charge on any atom is -0.345 e. The van der Waals surface area contributed by atoms with Crippen LogP contribution in [0.15, 0.2) is 53.4 Å². The third-order valence-electron chi connectivity index (χ3n) is 6.86. The predicted octanol–water partition coefficient (Wildman–Crippen LogP) is 3.73. The number of ketones is 1.